The lowest BCUT2D eigenvalue weighted by atomic mass is 9.77. The zero-order valence-corrected chi connectivity index (χ0v) is 17.1. The fourth-order valence-electron chi connectivity index (χ4n) is 4.86. The second-order valence-electron chi connectivity index (χ2n) is 8.79. The van der Waals surface area contributed by atoms with Crippen LogP contribution in [0.5, 0.6) is 0 Å². The molecule has 29 heavy (non-hydrogen) atoms. The Hall–Kier alpha value is -2.57. The third-order valence-corrected chi connectivity index (χ3v) is 6.68. The van der Waals surface area contributed by atoms with Crippen molar-refractivity contribution in [2.75, 3.05) is 39.8 Å². The summed E-state index contributed by atoms with van der Waals surface area (Å²) < 4.78 is 0. The van der Waals surface area contributed by atoms with Crippen molar-refractivity contribution in [3.63, 3.8) is 0 Å². The smallest absolute Gasteiger partial charge is 0.317 e. The second-order valence-corrected chi connectivity index (χ2v) is 8.79. The van der Waals surface area contributed by atoms with Gasteiger partial charge in [0.05, 0.1) is 6.54 Å². The van der Waals surface area contributed by atoms with Gasteiger partial charge in [-0.25, -0.2) is 4.79 Å². The Balaban J connectivity index is 1.26. The monoisotopic (exact) mass is 398 g/mol. The summed E-state index contributed by atoms with van der Waals surface area (Å²) in [5.74, 6) is 0.254. The molecular formula is C22H30N4O3. The maximum Gasteiger partial charge on any atom is 0.317 e. The van der Waals surface area contributed by atoms with Crippen molar-refractivity contribution in [2.24, 2.45) is 5.41 Å². The summed E-state index contributed by atoms with van der Waals surface area (Å²) in [6, 6.07) is 9.75. The molecule has 3 aliphatic rings. The molecule has 4 amide bonds. The maximum atomic E-state index is 12.7. The minimum Gasteiger partial charge on any atom is -0.342 e. The molecule has 1 aromatic carbocycles. The first kappa shape index (κ1) is 19.7. The van der Waals surface area contributed by atoms with Crippen LogP contribution in [0.2, 0.25) is 0 Å². The van der Waals surface area contributed by atoms with Gasteiger partial charge in [-0.1, -0.05) is 30.3 Å². The van der Waals surface area contributed by atoms with Crippen molar-refractivity contribution >= 4 is 17.8 Å². The van der Waals surface area contributed by atoms with E-state index in [4.69, 9.17) is 0 Å². The third-order valence-electron chi connectivity index (χ3n) is 6.68. The lowest BCUT2D eigenvalue weighted by molar-refractivity contribution is -0.135. The molecule has 0 aliphatic carbocycles. The van der Waals surface area contributed by atoms with Crippen LogP contribution in [0.25, 0.3) is 0 Å². The normalized spacial score (nSPS) is 23.8. The van der Waals surface area contributed by atoms with Crippen LogP contribution in [0.4, 0.5) is 4.79 Å². The lowest BCUT2D eigenvalue weighted by Crippen LogP contribution is -2.50. The van der Waals surface area contributed by atoms with Gasteiger partial charge < -0.3 is 20.0 Å². The Morgan fingerprint density at radius 3 is 2.55 bits per heavy atom. The molecule has 1 spiro atoms. The number of nitrogens with one attached hydrogen (secondary N) is 1. The number of benzene rings is 1. The van der Waals surface area contributed by atoms with E-state index in [-0.39, 0.29) is 23.3 Å². The summed E-state index contributed by atoms with van der Waals surface area (Å²) in [7, 11) is 1.70. The Morgan fingerprint density at radius 1 is 1.17 bits per heavy atom. The minimum absolute atomic E-state index is 0.00147. The highest BCUT2D eigenvalue weighted by atomic mass is 16.2. The summed E-state index contributed by atoms with van der Waals surface area (Å²) >= 11 is 0. The van der Waals surface area contributed by atoms with Gasteiger partial charge >= 0.3 is 6.03 Å². The largest absolute Gasteiger partial charge is 0.342 e. The van der Waals surface area contributed by atoms with Crippen molar-refractivity contribution < 1.29 is 14.4 Å². The predicted molar refractivity (Wildman–Crippen MR) is 109 cm³/mol. The molecule has 3 aliphatic heterocycles. The standard InChI is InChI=1S/C22H30N4O3/c1-24-15-18(23-21(24)29)20(28)25-12-9-22(10-13-25)14-19(27)26(16-22)11-5-8-17-6-3-2-4-7-17/h2-4,6-7,18H,5,8-16H2,1H3,(H,23,29). The number of nitrogens with zero attached hydrogens (tertiary/aromatic N) is 3. The lowest BCUT2D eigenvalue weighted by Gasteiger charge is -2.39. The molecule has 3 heterocycles. The van der Waals surface area contributed by atoms with Crippen LogP contribution in [0, 0.1) is 5.41 Å². The summed E-state index contributed by atoms with van der Waals surface area (Å²) in [5, 5.41) is 2.75. The van der Waals surface area contributed by atoms with E-state index in [0.717, 1.165) is 38.8 Å². The molecular weight excluding hydrogens is 368 g/mol. The van der Waals surface area contributed by atoms with Crippen molar-refractivity contribution in [3.8, 4) is 0 Å². The molecule has 0 saturated carbocycles. The molecule has 156 valence electrons. The molecule has 1 unspecified atom stereocenters. The molecule has 1 atom stereocenters. The van der Waals surface area contributed by atoms with Crippen molar-refractivity contribution in [1.29, 1.82) is 0 Å². The van der Waals surface area contributed by atoms with Gasteiger partial charge in [0.15, 0.2) is 0 Å². The van der Waals surface area contributed by atoms with Crippen molar-refractivity contribution in [3.05, 3.63) is 35.9 Å². The van der Waals surface area contributed by atoms with Crippen LogP contribution in [-0.4, -0.2) is 78.4 Å². The van der Waals surface area contributed by atoms with Crippen molar-refractivity contribution in [2.45, 2.75) is 38.1 Å². The number of amides is 4. The van der Waals surface area contributed by atoms with Gasteiger partial charge in [-0.3, -0.25) is 9.59 Å². The fourth-order valence-corrected chi connectivity index (χ4v) is 4.86. The molecule has 4 rings (SSSR count). The summed E-state index contributed by atoms with van der Waals surface area (Å²) in [6.07, 6.45) is 4.28. The van der Waals surface area contributed by atoms with Crippen LogP contribution >= 0.6 is 0 Å². The van der Waals surface area contributed by atoms with E-state index in [1.807, 2.05) is 15.9 Å². The van der Waals surface area contributed by atoms with Crippen LogP contribution in [-0.2, 0) is 16.0 Å². The predicted octanol–water partition coefficient (Wildman–Crippen LogP) is 1.48. The van der Waals surface area contributed by atoms with Gasteiger partial charge in [0, 0.05) is 45.1 Å². The molecule has 7 heteroatoms. The first-order valence-corrected chi connectivity index (χ1v) is 10.6. The number of likely N-dealkylation sites (N-methyl/N-ethyl adjacent to an activating group) is 1. The first-order chi connectivity index (χ1) is 14.0. The molecule has 1 aromatic rings. The SMILES string of the molecule is CN1CC(C(=O)N2CCC3(CC2)CC(=O)N(CCCc2ccccc2)C3)NC1=O. The van der Waals surface area contributed by atoms with Crippen molar-refractivity contribution in [1.82, 2.24) is 20.0 Å². The Morgan fingerprint density at radius 2 is 1.90 bits per heavy atom. The van der Waals surface area contributed by atoms with Crippen LogP contribution < -0.4 is 5.32 Å². The number of likely N-dealkylation sites (tertiary alicyclic amines) is 2. The quantitative estimate of drug-likeness (QED) is 0.817. The Labute approximate surface area is 172 Å². The van der Waals surface area contributed by atoms with Gasteiger partial charge in [0.25, 0.3) is 0 Å². The molecule has 7 nitrogen and oxygen atoms in total. The summed E-state index contributed by atoms with van der Waals surface area (Å²) in [5.41, 5.74) is 1.32. The van der Waals surface area contributed by atoms with Crippen LogP contribution in [0.3, 0.4) is 0 Å². The highest BCUT2D eigenvalue weighted by Crippen LogP contribution is 2.41. The molecule has 1 N–H and O–H groups in total. The highest BCUT2D eigenvalue weighted by Gasteiger charge is 2.46. The van der Waals surface area contributed by atoms with E-state index in [1.165, 1.54) is 10.5 Å². The minimum atomic E-state index is -0.443. The van der Waals surface area contributed by atoms with Gasteiger partial charge in [-0.2, -0.15) is 0 Å². The zero-order chi connectivity index (χ0) is 20.4. The fraction of sp³-hybridized carbons (Fsp3) is 0.591. The molecule has 0 bridgehead atoms. The number of hydrogen-bond donors (Lipinski definition) is 1. The van der Waals surface area contributed by atoms with E-state index in [2.05, 4.69) is 29.6 Å². The van der Waals surface area contributed by atoms with E-state index in [9.17, 15) is 14.4 Å². The Kier molecular flexibility index (Phi) is 5.48. The number of carbonyl (C=O) groups is 3. The van der Waals surface area contributed by atoms with E-state index in [1.54, 1.807) is 7.05 Å². The third kappa shape index (κ3) is 4.23. The average Bonchev–Trinajstić information content (AvgIpc) is 3.21. The first-order valence-electron chi connectivity index (χ1n) is 10.6. The Bertz CT molecular complexity index is 774. The van der Waals surface area contributed by atoms with Crippen LogP contribution in [0.1, 0.15) is 31.2 Å². The van der Waals surface area contributed by atoms with Gasteiger partial charge in [-0.15, -0.1) is 0 Å². The molecule has 0 radical (unpaired) electrons. The van der Waals surface area contributed by atoms with E-state index in [0.29, 0.717) is 26.1 Å². The highest BCUT2D eigenvalue weighted by molar-refractivity contribution is 5.90. The van der Waals surface area contributed by atoms with Crippen LogP contribution in [0.15, 0.2) is 30.3 Å². The number of urea groups is 1. The number of carbonyl (C=O) groups excluding carboxylic acids is 3. The number of rotatable bonds is 5. The van der Waals surface area contributed by atoms with E-state index < -0.39 is 6.04 Å². The molecule has 3 saturated heterocycles. The number of hydrogen-bond acceptors (Lipinski definition) is 3. The average molecular weight is 399 g/mol. The van der Waals surface area contributed by atoms with Gasteiger partial charge in [-0.05, 0) is 31.2 Å². The maximum absolute atomic E-state index is 12.7. The number of piperidine rings is 1. The molecule has 3 fully saturated rings. The zero-order valence-electron chi connectivity index (χ0n) is 17.1. The number of aryl methyl sites for hydroxylation is 1. The second kappa shape index (κ2) is 8.05. The summed E-state index contributed by atoms with van der Waals surface area (Å²) in [6.45, 7) is 3.37. The summed E-state index contributed by atoms with van der Waals surface area (Å²) in [4.78, 5) is 42.3. The molecule has 0 aromatic heterocycles. The topological polar surface area (TPSA) is 73.0 Å². The van der Waals surface area contributed by atoms with E-state index >= 15 is 0 Å². The van der Waals surface area contributed by atoms with Gasteiger partial charge in [0.2, 0.25) is 11.8 Å². The van der Waals surface area contributed by atoms with Gasteiger partial charge in [0.1, 0.15) is 6.04 Å².